The Labute approximate surface area is 193 Å². The Morgan fingerprint density at radius 1 is 1.28 bits per heavy atom. The van der Waals surface area contributed by atoms with Crippen molar-refractivity contribution >= 4 is 29.3 Å². The topological polar surface area (TPSA) is 41.6 Å². The van der Waals surface area contributed by atoms with Gasteiger partial charge in [-0.15, -0.1) is 11.8 Å². The van der Waals surface area contributed by atoms with Crippen LogP contribution < -0.4 is 10.1 Å². The second-order valence-corrected chi connectivity index (χ2v) is 9.01. The Morgan fingerprint density at radius 3 is 2.56 bits per heavy atom. The van der Waals surface area contributed by atoms with Crippen LogP contribution in [0, 0.1) is 5.82 Å². The van der Waals surface area contributed by atoms with Crippen LogP contribution in [0.5, 0.6) is 5.75 Å². The van der Waals surface area contributed by atoms with Gasteiger partial charge in [0, 0.05) is 16.5 Å². The Hall–Kier alpha value is -1.97. The van der Waals surface area contributed by atoms with E-state index in [0.717, 1.165) is 36.9 Å². The fourth-order valence-electron chi connectivity index (χ4n) is 4.12. The number of alkyl halides is 3. The molecule has 1 fully saturated rings. The van der Waals surface area contributed by atoms with Gasteiger partial charge in [0.1, 0.15) is 11.6 Å². The number of hydrogen-bond acceptors (Lipinski definition) is 4. The van der Waals surface area contributed by atoms with Crippen LogP contribution in [-0.2, 0) is 11.7 Å². The summed E-state index contributed by atoms with van der Waals surface area (Å²) in [4.78, 5) is 15.6. The largest absolute Gasteiger partial charge is 0.496 e. The van der Waals surface area contributed by atoms with E-state index < -0.39 is 29.0 Å². The molecule has 10 heteroatoms. The summed E-state index contributed by atoms with van der Waals surface area (Å²) in [6.45, 7) is 1.21. The lowest BCUT2D eigenvalue weighted by Crippen LogP contribution is -2.55. The fourth-order valence-corrected chi connectivity index (χ4v) is 5.11. The molecule has 174 valence electrons. The highest BCUT2D eigenvalue weighted by Gasteiger charge is 2.41. The standard InChI is InChI=1S/C22H23ClF4N2O2S/c1-29-8-4-7-21(12-29,15-6-5-14(24)11-16(15)23)28-20(30)19-17(31-2)9-13(22(25,26)27)10-18(19)32-3/h5-6,9-11H,4,7-8,12H2,1-3H3,(H,28,30). The normalized spacial score (nSPS) is 19.6. The summed E-state index contributed by atoms with van der Waals surface area (Å²) in [5.74, 6) is -1.26. The van der Waals surface area contributed by atoms with E-state index in [1.165, 1.54) is 25.3 Å². The number of carbonyl (C=O) groups is 1. The first-order valence-electron chi connectivity index (χ1n) is 9.80. The van der Waals surface area contributed by atoms with E-state index in [2.05, 4.69) is 5.32 Å². The minimum atomic E-state index is -4.58. The zero-order valence-corrected chi connectivity index (χ0v) is 19.3. The van der Waals surface area contributed by atoms with Crippen LogP contribution in [0.4, 0.5) is 17.6 Å². The lowest BCUT2D eigenvalue weighted by Gasteiger charge is -2.43. The second-order valence-electron chi connectivity index (χ2n) is 7.76. The smallest absolute Gasteiger partial charge is 0.416 e. The monoisotopic (exact) mass is 490 g/mol. The molecule has 4 nitrogen and oxygen atoms in total. The molecule has 3 rings (SSSR count). The van der Waals surface area contributed by atoms with Gasteiger partial charge in [-0.3, -0.25) is 4.79 Å². The molecule has 1 N–H and O–H groups in total. The van der Waals surface area contributed by atoms with Crippen molar-refractivity contribution in [3.63, 3.8) is 0 Å². The number of ether oxygens (including phenoxy) is 1. The molecule has 1 aliphatic rings. The highest BCUT2D eigenvalue weighted by molar-refractivity contribution is 7.98. The molecule has 1 atom stereocenters. The van der Waals surface area contributed by atoms with Crippen molar-refractivity contribution in [3.05, 3.63) is 57.9 Å². The highest BCUT2D eigenvalue weighted by atomic mass is 35.5. The highest BCUT2D eigenvalue weighted by Crippen LogP contribution is 2.40. The van der Waals surface area contributed by atoms with E-state index in [9.17, 15) is 22.4 Å². The molecule has 32 heavy (non-hydrogen) atoms. The summed E-state index contributed by atoms with van der Waals surface area (Å²) in [5, 5.41) is 3.17. The number of piperidine rings is 1. The van der Waals surface area contributed by atoms with Crippen molar-refractivity contribution in [1.29, 1.82) is 0 Å². The van der Waals surface area contributed by atoms with E-state index in [-0.39, 0.29) is 21.2 Å². The van der Waals surface area contributed by atoms with Gasteiger partial charge in [-0.1, -0.05) is 17.7 Å². The van der Waals surface area contributed by atoms with Crippen molar-refractivity contribution in [2.75, 3.05) is 33.5 Å². The lowest BCUT2D eigenvalue weighted by molar-refractivity contribution is -0.137. The zero-order chi connectivity index (χ0) is 23.7. The van der Waals surface area contributed by atoms with Gasteiger partial charge >= 0.3 is 6.18 Å². The predicted molar refractivity (Wildman–Crippen MR) is 117 cm³/mol. The van der Waals surface area contributed by atoms with E-state index >= 15 is 0 Å². The molecule has 0 spiro atoms. The van der Waals surface area contributed by atoms with Gasteiger partial charge in [-0.25, -0.2) is 4.39 Å². The van der Waals surface area contributed by atoms with E-state index in [4.69, 9.17) is 16.3 Å². The molecule has 1 amide bonds. The molecule has 0 saturated carbocycles. The van der Waals surface area contributed by atoms with Crippen LogP contribution in [0.3, 0.4) is 0 Å². The van der Waals surface area contributed by atoms with Crippen LogP contribution in [0.2, 0.25) is 5.02 Å². The number of likely N-dealkylation sites (tertiary alicyclic amines) is 1. The number of amides is 1. The van der Waals surface area contributed by atoms with Gasteiger partial charge in [-0.05, 0) is 62.5 Å². The zero-order valence-electron chi connectivity index (χ0n) is 17.8. The minimum absolute atomic E-state index is 0.0128. The number of halogens is 5. The van der Waals surface area contributed by atoms with Crippen LogP contribution in [0.1, 0.15) is 34.3 Å². The molecule has 2 aromatic carbocycles. The summed E-state index contributed by atoms with van der Waals surface area (Å²) in [5.41, 5.74) is -1.28. The van der Waals surface area contributed by atoms with E-state index in [1.54, 1.807) is 6.26 Å². The molecule has 0 aliphatic carbocycles. The van der Waals surface area contributed by atoms with Crippen molar-refractivity contribution < 1.29 is 27.1 Å². The molecule has 0 bridgehead atoms. The molecule has 1 saturated heterocycles. The van der Waals surface area contributed by atoms with Crippen molar-refractivity contribution in [1.82, 2.24) is 10.2 Å². The van der Waals surface area contributed by atoms with Crippen molar-refractivity contribution in [2.45, 2.75) is 29.5 Å². The molecule has 1 aliphatic heterocycles. The van der Waals surface area contributed by atoms with Crippen LogP contribution in [-0.4, -0.2) is 44.3 Å². The molecule has 0 radical (unpaired) electrons. The van der Waals surface area contributed by atoms with Gasteiger partial charge < -0.3 is 15.0 Å². The maximum Gasteiger partial charge on any atom is 0.416 e. The first kappa shape index (κ1) is 24.7. The quantitative estimate of drug-likeness (QED) is 0.439. The third-order valence-corrected chi connectivity index (χ3v) is 6.62. The number of methoxy groups -OCH3 is 1. The lowest BCUT2D eigenvalue weighted by atomic mass is 9.81. The first-order valence-corrected chi connectivity index (χ1v) is 11.4. The SMILES string of the molecule is COc1cc(C(F)(F)F)cc(SC)c1C(=O)NC1(c2ccc(F)cc2Cl)CCCN(C)C1. The average Bonchev–Trinajstić information content (AvgIpc) is 2.71. The van der Waals surface area contributed by atoms with Gasteiger partial charge in [0.05, 0.1) is 23.8 Å². The maximum absolute atomic E-state index is 13.7. The third kappa shape index (κ3) is 5.00. The molecule has 2 aromatic rings. The number of nitrogens with zero attached hydrogens (tertiary/aromatic N) is 1. The van der Waals surface area contributed by atoms with E-state index in [0.29, 0.717) is 18.5 Å². The molecule has 1 unspecified atom stereocenters. The van der Waals surface area contributed by atoms with Gasteiger partial charge in [0.25, 0.3) is 5.91 Å². The number of carbonyl (C=O) groups excluding carboxylic acids is 1. The van der Waals surface area contributed by atoms with E-state index in [1.807, 2.05) is 11.9 Å². The third-order valence-electron chi connectivity index (χ3n) is 5.54. The number of hydrogen-bond donors (Lipinski definition) is 1. The Bertz CT molecular complexity index is 993. The summed E-state index contributed by atoms with van der Waals surface area (Å²) < 4.78 is 58.8. The minimum Gasteiger partial charge on any atom is -0.496 e. The average molecular weight is 491 g/mol. The van der Waals surface area contributed by atoms with Crippen molar-refractivity contribution in [3.8, 4) is 5.75 Å². The number of likely N-dealkylation sites (N-methyl/N-ethyl adjacent to an activating group) is 1. The number of benzene rings is 2. The summed E-state index contributed by atoms with van der Waals surface area (Å²) in [7, 11) is 3.11. The molecular weight excluding hydrogens is 468 g/mol. The van der Waals surface area contributed by atoms with Crippen molar-refractivity contribution in [2.24, 2.45) is 0 Å². The number of nitrogens with one attached hydrogen (secondary N) is 1. The second kappa shape index (κ2) is 9.49. The fraction of sp³-hybridized carbons (Fsp3) is 0.409. The van der Waals surface area contributed by atoms with Gasteiger partial charge in [-0.2, -0.15) is 13.2 Å². The maximum atomic E-state index is 13.7. The number of thioether (sulfide) groups is 1. The predicted octanol–water partition coefficient (Wildman–Crippen LogP) is 5.58. The summed E-state index contributed by atoms with van der Waals surface area (Å²) in [6, 6.07) is 5.75. The first-order chi connectivity index (χ1) is 15.0. The molecule has 1 heterocycles. The summed E-state index contributed by atoms with van der Waals surface area (Å²) >= 11 is 7.37. The Kier molecular flexibility index (Phi) is 7.31. The van der Waals surface area contributed by atoms with Gasteiger partial charge in [0.15, 0.2) is 0 Å². The molecule has 0 aromatic heterocycles. The molecular formula is C22H23ClF4N2O2S. The number of rotatable bonds is 5. The van der Waals surface area contributed by atoms with Gasteiger partial charge in [0.2, 0.25) is 0 Å². The van der Waals surface area contributed by atoms with Crippen LogP contribution in [0.25, 0.3) is 0 Å². The van der Waals surface area contributed by atoms with Crippen LogP contribution in [0.15, 0.2) is 35.2 Å². The Morgan fingerprint density at radius 2 is 2.00 bits per heavy atom. The Balaban J connectivity index is 2.09. The van der Waals surface area contributed by atoms with Crippen LogP contribution >= 0.6 is 23.4 Å². The summed E-state index contributed by atoms with van der Waals surface area (Å²) in [6.07, 6.45) is -1.72.